The summed E-state index contributed by atoms with van der Waals surface area (Å²) in [6.07, 6.45) is 57.4. The average molecular weight is 842 g/mol. The topological polar surface area (TPSA) is 95.9 Å². The fourth-order valence-corrected chi connectivity index (χ4v) is 7.72. The summed E-state index contributed by atoms with van der Waals surface area (Å²) in [6, 6.07) is -0.709. The molecule has 1 amide bonds. The minimum Gasteiger partial charge on any atom is -0.462 e. The number of unbranched alkanes of at least 4 members (excludes halogenated alkanes) is 26. The molecule has 0 aliphatic rings. The van der Waals surface area contributed by atoms with Crippen LogP contribution in [-0.4, -0.2) is 46.9 Å². The number of esters is 1. The molecule has 0 spiro atoms. The predicted octanol–water partition coefficient (Wildman–Crippen LogP) is 15.5. The van der Waals surface area contributed by atoms with Gasteiger partial charge in [0, 0.05) is 6.42 Å². The molecular weight excluding hydrogens is 743 g/mol. The maximum absolute atomic E-state index is 13.2. The highest BCUT2D eigenvalue weighted by Crippen LogP contribution is 2.18. The molecule has 0 heterocycles. The molecule has 350 valence electrons. The van der Waals surface area contributed by atoms with Crippen LogP contribution in [0, 0.1) is 0 Å². The van der Waals surface area contributed by atoms with Crippen LogP contribution in [0.5, 0.6) is 0 Å². The Labute approximate surface area is 372 Å². The standard InChI is InChI=1S/C54H99NO5/c1-4-7-10-13-16-19-22-24-26-27-28-30-32-35-38-41-44-47-54(59)60-50(45-42-39-36-33-31-29-25-23-20-17-14-11-8-5-2)48-53(58)55-51(49-56)52(57)46-43-40-37-34-21-18-15-12-9-6-3/h16,19,24,26,28,30,35,38,50-52,56-57H,4-15,17-18,20-23,25,27,29,31-34,36-37,39-49H2,1-3H3,(H,55,58)/b19-16-,26-24-,30-28-,38-35-. The molecule has 3 N–H and O–H groups in total. The maximum Gasteiger partial charge on any atom is 0.306 e. The van der Waals surface area contributed by atoms with Crippen LogP contribution in [0.3, 0.4) is 0 Å². The maximum atomic E-state index is 13.2. The third-order valence-corrected chi connectivity index (χ3v) is 11.7. The van der Waals surface area contributed by atoms with Gasteiger partial charge in [0.2, 0.25) is 5.91 Å². The molecule has 0 fully saturated rings. The normalized spacial score (nSPS) is 13.6. The summed E-state index contributed by atoms with van der Waals surface area (Å²) in [5, 5.41) is 23.7. The minimum absolute atomic E-state index is 0.0584. The fraction of sp³-hybridized carbons (Fsp3) is 0.815. The van der Waals surface area contributed by atoms with Crippen LogP contribution in [0.4, 0.5) is 0 Å². The van der Waals surface area contributed by atoms with E-state index >= 15 is 0 Å². The van der Waals surface area contributed by atoms with Crippen LogP contribution in [0.15, 0.2) is 48.6 Å². The Bertz CT molecular complexity index is 1040. The Morgan fingerprint density at radius 3 is 1.28 bits per heavy atom. The molecule has 0 rings (SSSR count). The molecule has 6 heteroatoms. The van der Waals surface area contributed by atoms with Crippen molar-refractivity contribution < 1.29 is 24.5 Å². The van der Waals surface area contributed by atoms with E-state index < -0.39 is 18.2 Å². The Hall–Kier alpha value is -2.18. The highest BCUT2D eigenvalue weighted by atomic mass is 16.5. The first-order valence-electron chi connectivity index (χ1n) is 25.9. The minimum atomic E-state index is -0.794. The summed E-state index contributed by atoms with van der Waals surface area (Å²) in [4.78, 5) is 26.1. The van der Waals surface area contributed by atoms with Crippen LogP contribution in [-0.2, 0) is 14.3 Å². The smallest absolute Gasteiger partial charge is 0.306 e. The average Bonchev–Trinajstić information content (AvgIpc) is 3.24. The number of ether oxygens (including phenoxy) is 1. The first kappa shape index (κ1) is 57.8. The van der Waals surface area contributed by atoms with Crippen LogP contribution >= 0.6 is 0 Å². The molecule has 0 aromatic carbocycles. The Kier molecular flexibility index (Phi) is 46.1. The molecule has 0 saturated heterocycles. The van der Waals surface area contributed by atoms with Crippen molar-refractivity contribution in [2.75, 3.05) is 6.61 Å². The number of amides is 1. The van der Waals surface area contributed by atoms with Gasteiger partial charge < -0.3 is 20.3 Å². The second-order valence-corrected chi connectivity index (χ2v) is 17.6. The lowest BCUT2D eigenvalue weighted by molar-refractivity contribution is -0.151. The molecule has 6 nitrogen and oxygen atoms in total. The van der Waals surface area contributed by atoms with Gasteiger partial charge in [-0.2, -0.15) is 0 Å². The summed E-state index contributed by atoms with van der Waals surface area (Å²) >= 11 is 0. The first-order chi connectivity index (χ1) is 29.5. The summed E-state index contributed by atoms with van der Waals surface area (Å²) in [7, 11) is 0. The summed E-state index contributed by atoms with van der Waals surface area (Å²) in [5.41, 5.74) is 0. The molecule has 0 aliphatic heterocycles. The van der Waals surface area contributed by atoms with Gasteiger partial charge in [-0.3, -0.25) is 9.59 Å². The number of hydrogen-bond donors (Lipinski definition) is 3. The zero-order chi connectivity index (χ0) is 43.8. The predicted molar refractivity (Wildman–Crippen MR) is 259 cm³/mol. The highest BCUT2D eigenvalue weighted by molar-refractivity contribution is 5.77. The number of hydrogen-bond acceptors (Lipinski definition) is 5. The second kappa shape index (κ2) is 47.9. The molecule has 0 bridgehead atoms. The fourth-order valence-electron chi connectivity index (χ4n) is 7.72. The van der Waals surface area contributed by atoms with Gasteiger partial charge in [0.15, 0.2) is 0 Å². The van der Waals surface area contributed by atoms with Crippen molar-refractivity contribution in [2.45, 2.75) is 277 Å². The molecule has 0 radical (unpaired) electrons. The van der Waals surface area contributed by atoms with Crippen molar-refractivity contribution in [3.63, 3.8) is 0 Å². The van der Waals surface area contributed by atoms with Gasteiger partial charge >= 0.3 is 5.97 Å². The molecule has 60 heavy (non-hydrogen) atoms. The third kappa shape index (κ3) is 42.5. The van der Waals surface area contributed by atoms with Crippen LogP contribution in [0.25, 0.3) is 0 Å². The van der Waals surface area contributed by atoms with E-state index in [9.17, 15) is 19.8 Å². The lowest BCUT2D eigenvalue weighted by atomic mass is 10.0. The number of nitrogens with one attached hydrogen (secondary N) is 1. The van der Waals surface area contributed by atoms with Crippen molar-refractivity contribution in [2.24, 2.45) is 0 Å². The number of rotatable bonds is 46. The van der Waals surface area contributed by atoms with Gasteiger partial charge in [-0.1, -0.05) is 230 Å². The van der Waals surface area contributed by atoms with Crippen molar-refractivity contribution in [3.05, 3.63) is 48.6 Å². The Balaban J connectivity index is 4.65. The van der Waals surface area contributed by atoms with E-state index in [4.69, 9.17) is 4.74 Å². The van der Waals surface area contributed by atoms with Crippen molar-refractivity contribution in [1.29, 1.82) is 0 Å². The van der Waals surface area contributed by atoms with Crippen LogP contribution in [0.2, 0.25) is 0 Å². The van der Waals surface area contributed by atoms with Gasteiger partial charge in [0.25, 0.3) is 0 Å². The molecule has 0 aromatic heterocycles. The van der Waals surface area contributed by atoms with E-state index in [2.05, 4.69) is 74.7 Å². The lowest BCUT2D eigenvalue weighted by Crippen LogP contribution is -2.46. The van der Waals surface area contributed by atoms with E-state index in [-0.39, 0.29) is 24.9 Å². The SMILES string of the molecule is CCCCC/C=C\C/C=C\C/C=C\C/C=C\CCCC(=O)OC(CCCCCCCCCCCCCCCC)CC(=O)NC(CO)C(O)CCCCCCCCCCCC. The lowest BCUT2D eigenvalue weighted by Gasteiger charge is -2.24. The van der Waals surface area contributed by atoms with E-state index in [0.29, 0.717) is 25.7 Å². The van der Waals surface area contributed by atoms with E-state index in [1.165, 1.54) is 141 Å². The van der Waals surface area contributed by atoms with E-state index in [0.717, 1.165) is 64.2 Å². The summed E-state index contributed by atoms with van der Waals surface area (Å²) in [5.74, 6) is -0.533. The van der Waals surface area contributed by atoms with Crippen LogP contribution < -0.4 is 5.32 Å². The molecular formula is C54H99NO5. The number of aliphatic hydroxyl groups is 2. The molecule has 3 unspecified atom stereocenters. The quantitative estimate of drug-likeness (QED) is 0.0322. The number of carbonyl (C=O) groups excluding carboxylic acids is 2. The zero-order valence-electron chi connectivity index (χ0n) is 39.8. The number of allylic oxidation sites excluding steroid dienone is 8. The summed E-state index contributed by atoms with van der Waals surface area (Å²) in [6.45, 7) is 6.44. The number of aliphatic hydroxyl groups excluding tert-OH is 2. The highest BCUT2D eigenvalue weighted by Gasteiger charge is 2.24. The largest absolute Gasteiger partial charge is 0.462 e. The zero-order valence-corrected chi connectivity index (χ0v) is 39.8. The van der Waals surface area contributed by atoms with Gasteiger partial charge in [0.1, 0.15) is 6.10 Å². The van der Waals surface area contributed by atoms with E-state index in [1.54, 1.807) is 0 Å². The second-order valence-electron chi connectivity index (χ2n) is 17.6. The van der Waals surface area contributed by atoms with E-state index in [1.807, 2.05) is 0 Å². The van der Waals surface area contributed by atoms with Crippen molar-refractivity contribution in [1.82, 2.24) is 5.32 Å². The number of carbonyl (C=O) groups is 2. The van der Waals surface area contributed by atoms with Gasteiger partial charge in [-0.15, -0.1) is 0 Å². The molecule has 3 atom stereocenters. The molecule has 0 saturated carbocycles. The summed E-state index contributed by atoms with van der Waals surface area (Å²) < 4.78 is 5.91. The van der Waals surface area contributed by atoms with Crippen LogP contribution in [0.1, 0.15) is 258 Å². The Morgan fingerprint density at radius 2 is 0.850 bits per heavy atom. The third-order valence-electron chi connectivity index (χ3n) is 11.7. The van der Waals surface area contributed by atoms with Gasteiger partial charge in [0.05, 0.1) is 25.2 Å². The monoisotopic (exact) mass is 842 g/mol. The van der Waals surface area contributed by atoms with Crippen molar-refractivity contribution >= 4 is 11.9 Å². The van der Waals surface area contributed by atoms with Gasteiger partial charge in [-0.25, -0.2) is 0 Å². The van der Waals surface area contributed by atoms with Gasteiger partial charge in [-0.05, 0) is 64.2 Å². The first-order valence-corrected chi connectivity index (χ1v) is 25.9. The molecule has 0 aromatic rings. The molecule has 0 aliphatic carbocycles. The Morgan fingerprint density at radius 1 is 0.483 bits per heavy atom. The van der Waals surface area contributed by atoms with Crippen molar-refractivity contribution in [3.8, 4) is 0 Å².